The highest BCUT2D eigenvalue weighted by Crippen LogP contribution is 2.37. The largest absolute Gasteiger partial charge is 0.504 e. The highest BCUT2D eigenvalue weighted by atomic mass is 35.5. The number of nitrogens with zero attached hydrogens (tertiary/aromatic N) is 3. The van der Waals surface area contributed by atoms with E-state index in [0.717, 1.165) is 0 Å². The van der Waals surface area contributed by atoms with Gasteiger partial charge in [0.25, 0.3) is 0 Å². The Bertz CT molecular complexity index is 1620. The first kappa shape index (κ1) is 29.0. The van der Waals surface area contributed by atoms with Gasteiger partial charge in [0.05, 0.1) is 30.1 Å². The molecule has 0 amide bonds. The molecule has 0 aliphatic rings. The van der Waals surface area contributed by atoms with E-state index >= 15 is 0 Å². The van der Waals surface area contributed by atoms with Crippen LogP contribution in [0.5, 0.6) is 17.2 Å². The van der Waals surface area contributed by atoms with Crippen LogP contribution in [0.2, 0.25) is 30.1 Å². The number of halogens is 6. The summed E-state index contributed by atoms with van der Waals surface area (Å²) in [7, 11) is 0. The summed E-state index contributed by atoms with van der Waals surface area (Å²) in [6.07, 6.45) is 4.73. The van der Waals surface area contributed by atoms with Gasteiger partial charge in [0.1, 0.15) is 16.6 Å². The molecule has 12 heteroatoms. The SMILES string of the molecule is Oc1c(Cl)cc(Cl)c2cccnc12.Oc1c(Cl)cc(Cl)c2cccnc12.Oc1c(Cl)cc(Cl)c2cccnc12. The standard InChI is InChI=1S/3C9H5Cl2NO/c3*10-6-4-7(11)9(13)8-5(6)2-1-3-12-8/h3*1-4,13H. The van der Waals surface area contributed by atoms with Gasteiger partial charge in [0.2, 0.25) is 0 Å². The average molecular weight is 642 g/mol. The van der Waals surface area contributed by atoms with Crippen molar-refractivity contribution in [2.24, 2.45) is 0 Å². The Morgan fingerprint density at radius 1 is 0.410 bits per heavy atom. The molecule has 6 nitrogen and oxygen atoms in total. The summed E-state index contributed by atoms with van der Waals surface area (Å²) in [4.78, 5) is 12.0. The fourth-order valence-corrected chi connectivity index (χ4v) is 5.02. The number of fused-ring (bicyclic) bond motifs is 3. The number of benzene rings is 3. The molecule has 0 bridgehead atoms. The Morgan fingerprint density at radius 2 is 0.667 bits per heavy atom. The number of hydrogen-bond donors (Lipinski definition) is 3. The zero-order chi connectivity index (χ0) is 28.3. The van der Waals surface area contributed by atoms with E-state index in [1.54, 1.807) is 55.0 Å². The quantitative estimate of drug-likeness (QED) is 0.153. The Labute approximate surface area is 251 Å². The number of aromatic nitrogens is 3. The molecular formula is C27H15Cl6N3O3. The molecule has 0 saturated heterocycles. The van der Waals surface area contributed by atoms with Gasteiger partial charge >= 0.3 is 0 Å². The van der Waals surface area contributed by atoms with Gasteiger partial charge in [-0.15, -0.1) is 0 Å². The molecule has 3 heterocycles. The predicted octanol–water partition coefficient (Wildman–Crippen LogP) is 9.74. The minimum atomic E-state index is -0.0262. The molecule has 3 N–H and O–H groups in total. The lowest BCUT2D eigenvalue weighted by Crippen LogP contribution is -1.80. The summed E-state index contributed by atoms with van der Waals surface area (Å²) in [5.74, 6) is -0.0787. The van der Waals surface area contributed by atoms with E-state index in [4.69, 9.17) is 69.6 Å². The number of phenols is 3. The van der Waals surface area contributed by atoms with Crippen molar-refractivity contribution in [3.8, 4) is 17.2 Å². The Balaban J connectivity index is 0.000000136. The zero-order valence-corrected chi connectivity index (χ0v) is 23.9. The molecule has 0 aliphatic carbocycles. The summed E-state index contributed by atoms with van der Waals surface area (Å²) in [5, 5.41) is 32.8. The number of phenolic OH excluding ortho intramolecular Hbond substituents is 3. The van der Waals surface area contributed by atoms with Crippen molar-refractivity contribution < 1.29 is 15.3 Å². The minimum Gasteiger partial charge on any atom is -0.504 e. The van der Waals surface area contributed by atoms with Crippen LogP contribution in [0.25, 0.3) is 32.7 Å². The Hall–Kier alpha value is -2.97. The molecule has 6 aromatic rings. The summed E-state index contributed by atoms with van der Waals surface area (Å²) >= 11 is 34.9. The number of rotatable bonds is 0. The summed E-state index contributed by atoms with van der Waals surface area (Å²) in [5.41, 5.74) is 1.29. The maximum absolute atomic E-state index is 9.53. The highest BCUT2D eigenvalue weighted by Gasteiger charge is 2.10. The Morgan fingerprint density at radius 3 is 0.923 bits per heavy atom. The van der Waals surface area contributed by atoms with Crippen molar-refractivity contribution in [1.82, 2.24) is 15.0 Å². The first-order valence-electron chi connectivity index (χ1n) is 10.8. The summed E-state index contributed by atoms with van der Waals surface area (Å²) in [6, 6.07) is 15.1. The van der Waals surface area contributed by atoms with Crippen LogP contribution >= 0.6 is 69.6 Å². The van der Waals surface area contributed by atoms with Gasteiger partial charge in [-0.3, -0.25) is 15.0 Å². The molecule has 0 spiro atoms. The number of aromatic hydroxyl groups is 3. The minimum absolute atomic E-state index is 0.0262. The van der Waals surface area contributed by atoms with Crippen LogP contribution in [0, 0.1) is 0 Å². The summed E-state index contributed by atoms with van der Waals surface area (Å²) < 4.78 is 0. The van der Waals surface area contributed by atoms with Crippen LogP contribution in [-0.4, -0.2) is 30.3 Å². The fourth-order valence-electron chi connectivity index (χ4n) is 3.47. The first-order valence-corrected chi connectivity index (χ1v) is 13.1. The molecule has 0 saturated carbocycles. The van der Waals surface area contributed by atoms with Gasteiger partial charge in [-0.25, -0.2) is 0 Å². The van der Waals surface area contributed by atoms with Crippen LogP contribution < -0.4 is 0 Å². The van der Waals surface area contributed by atoms with Crippen molar-refractivity contribution in [3.05, 3.63) is 103 Å². The van der Waals surface area contributed by atoms with Gasteiger partial charge < -0.3 is 15.3 Å². The summed E-state index contributed by atoms with van der Waals surface area (Å²) in [6.45, 7) is 0. The van der Waals surface area contributed by atoms with Gasteiger partial charge in [0.15, 0.2) is 17.2 Å². The van der Waals surface area contributed by atoms with Crippen molar-refractivity contribution in [2.75, 3.05) is 0 Å². The molecule has 6 rings (SSSR count). The molecule has 0 atom stereocenters. The van der Waals surface area contributed by atoms with Crippen molar-refractivity contribution in [2.45, 2.75) is 0 Å². The van der Waals surface area contributed by atoms with Crippen LogP contribution in [0.15, 0.2) is 73.2 Å². The van der Waals surface area contributed by atoms with Crippen LogP contribution in [0.1, 0.15) is 0 Å². The second-order valence-electron chi connectivity index (χ2n) is 7.77. The zero-order valence-electron chi connectivity index (χ0n) is 19.4. The maximum Gasteiger partial charge on any atom is 0.160 e. The lowest BCUT2D eigenvalue weighted by Gasteiger charge is -2.03. The van der Waals surface area contributed by atoms with Crippen LogP contribution in [0.4, 0.5) is 0 Å². The lowest BCUT2D eigenvalue weighted by atomic mass is 10.2. The molecule has 3 aromatic carbocycles. The second-order valence-corrected chi connectivity index (χ2v) is 10.2. The third-order valence-electron chi connectivity index (χ3n) is 5.31. The average Bonchev–Trinajstić information content (AvgIpc) is 2.94. The predicted molar refractivity (Wildman–Crippen MR) is 160 cm³/mol. The van der Waals surface area contributed by atoms with E-state index in [1.807, 2.05) is 0 Å². The first-order chi connectivity index (χ1) is 18.6. The third kappa shape index (κ3) is 6.28. The molecule has 198 valence electrons. The highest BCUT2D eigenvalue weighted by molar-refractivity contribution is 6.41. The topological polar surface area (TPSA) is 99.4 Å². The van der Waals surface area contributed by atoms with E-state index in [2.05, 4.69) is 15.0 Å². The van der Waals surface area contributed by atoms with E-state index < -0.39 is 0 Å². The van der Waals surface area contributed by atoms with Crippen LogP contribution in [-0.2, 0) is 0 Å². The third-order valence-corrected chi connectivity index (χ3v) is 7.11. The molecule has 0 aliphatic heterocycles. The van der Waals surface area contributed by atoms with Gasteiger partial charge in [-0.05, 0) is 54.6 Å². The van der Waals surface area contributed by atoms with Crippen LogP contribution in [0.3, 0.4) is 0 Å². The van der Waals surface area contributed by atoms with Crippen molar-refractivity contribution in [1.29, 1.82) is 0 Å². The molecule has 3 aromatic heterocycles. The normalized spacial score (nSPS) is 10.6. The van der Waals surface area contributed by atoms with E-state index in [-0.39, 0.29) is 32.3 Å². The van der Waals surface area contributed by atoms with Gasteiger partial charge in [0, 0.05) is 34.7 Å². The molecule has 0 unspecified atom stereocenters. The van der Waals surface area contributed by atoms with Crippen molar-refractivity contribution in [3.63, 3.8) is 0 Å². The number of pyridine rings is 3. The van der Waals surface area contributed by atoms with E-state index in [1.165, 1.54) is 18.2 Å². The fraction of sp³-hybridized carbons (Fsp3) is 0. The Kier molecular flexibility index (Phi) is 9.28. The smallest absolute Gasteiger partial charge is 0.160 e. The maximum atomic E-state index is 9.53. The monoisotopic (exact) mass is 639 g/mol. The van der Waals surface area contributed by atoms with Crippen molar-refractivity contribution >= 4 is 102 Å². The second kappa shape index (κ2) is 12.5. The molecular weight excluding hydrogens is 627 g/mol. The van der Waals surface area contributed by atoms with Gasteiger partial charge in [-0.2, -0.15) is 0 Å². The number of hydrogen-bond acceptors (Lipinski definition) is 6. The van der Waals surface area contributed by atoms with E-state index in [0.29, 0.717) is 47.8 Å². The molecule has 0 fully saturated rings. The molecule has 39 heavy (non-hydrogen) atoms. The van der Waals surface area contributed by atoms with E-state index in [9.17, 15) is 15.3 Å². The molecule has 0 radical (unpaired) electrons. The van der Waals surface area contributed by atoms with Gasteiger partial charge in [-0.1, -0.05) is 69.6 Å². The lowest BCUT2D eigenvalue weighted by molar-refractivity contribution is 0.480.